The number of rotatable bonds is 7. The minimum absolute atomic E-state index is 0.00773. The fourth-order valence-electron chi connectivity index (χ4n) is 4.33. The van der Waals surface area contributed by atoms with Crippen LogP contribution in [0.2, 0.25) is 0 Å². The quantitative estimate of drug-likeness (QED) is 0.337. The summed E-state index contributed by atoms with van der Waals surface area (Å²) < 4.78 is 5.66. The summed E-state index contributed by atoms with van der Waals surface area (Å²) in [6.07, 6.45) is 3.68. The molecule has 1 aliphatic carbocycles. The van der Waals surface area contributed by atoms with Gasteiger partial charge in [-0.15, -0.1) is 0 Å². The lowest BCUT2D eigenvalue weighted by atomic mass is 9.98. The second-order valence-corrected chi connectivity index (χ2v) is 9.26. The zero-order valence-corrected chi connectivity index (χ0v) is 19.9. The lowest BCUT2D eigenvalue weighted by molar-refractivity contribution is 0.112. The van der Waals surface area contributed by atoms with Gasteiger partial charge in [-0.2, -0.15) is 0 Å². The van der Waals surface area contributed by atoms with Crippen LogP contribution in [0.25, 0.3) is 11.1 Å². The third-order valence-corrected chi connectivity index (χ3v) is 7.11. The van der Waals surface area contributed by atoms with E-state index in [4.69, 9.17) is 4.74 Å². The van der Waals surface area contributed by atoms with Gasteiger partial charge in [0, 0.05) is 41.0 Å². The van der Waals surface area contributed by atoms with Crippen LogP contribution in [0.3, 0.4) is 0 Å². The topological polar surface area (TPSA) is 81.2 Å². The highest BCUT2D eigenvalue weighted by atomic mass is 32.2. The van der Waals surface area contributed by atoms with Gasteiger partial charge in [-0.3, -0.25) is 9.78 Å². The molecule has 6 nitrogen and oxygen atoms in total. The molecular weight excluding hydrogens is 458 g/mol. The summed E-state index contributed by atoms with van der Waals surface area (Å²) in [6, 6.07) is 21.8. The average molecular weight is 482 g/mol. The average Bonchev–Trinajstić information content (AvgIpc) is 3.21. The van der Waals surface area contributed by atoms with E-state index in [1.165, 1.54) is 34.0 Å². The van der Waals surface area contributed by atoms with Crippen LogP contribution in [0, 0.1) is 6.92 Å². The molecule has 0 radical (unpaired) electrons. The van der Waals surface area contributed by atoms with Gasteiger partial charge in [0.25, 0.3) is 0 Å². The number of carbonyl (C=O) groups is 2. The fraction of sp³-hybridized carbons (Fsp3) is 0.143. The van der Waals surface area contributed by atoms with Gasteiger partial charge in [-0.1, -0.05) is 60.3 Å². The van der Waals surface area contributed by atoms with E-state index in [9.17, 15) is 9.59 Å². The van der Waals surface area contributed by atoms with Crippen LogP contribution < -0.4 is 5.32 Å². The predicted octanol–water partition coefficient (Wildman–Crippen LogP) is 5.79. The highest BCUT2D eigenvalue weighted by molar-refractivity contribution is 7.99. The summed E-state index contributed by atoms with van der Waals surface area (Å²) >= 11 is 1.35. The van der Waals surface area contributed by atoms with Crippen LogP contribution in [0.1, 0.15) is 38.7 Å². The van der Waals surface area contributed by atoms with Gasteiger partial charge in [0.15, 0.2) is 6.29 Å². The molecule has 0 atom stereocenters. The van der Waals surface area contributed by atoms with Gasteiger partial charge in [-0.05, 0) is 52.9 Å². The molecule has 35 heavy (non-hydrogen) atoms. The van der Waals surface area contributed by atoms with Gasteiger partial charge in [0.2, 0.25) is 0 Å². The van der Waals surface area contributed by atoms with Crippen molar-refractivity contribution in [1.29, 1.82) is 0 Å². The molecule has 0 unspecified atom stereocenters. The number of nitrogens with zero attached hydrogens (tertiary/aromatic N) is 2. The summed E-state index contributed by atoms with van der Waals surface area (Å²) in [5.74, 6) is 0.00773. The maximum Gasteiger partial charge on any atom is 0.407 e. The number of pyridine rings is 2. The number of nitrogens with one attached hydrogen (secondary N) is 1. The van der Waals surface area contributed by atoms with Gasteiger partial charge >= 0.3 is 6.09 Å². The molecule has 2 heterocycles. The van der Waals surface area contributed by atoms with Crippen LogP contribution in [-0.4, -0.2) is 29.0 Å². The van der Waals surface area contributed by atoms with Crippen LogP contribution in [0.15, 0.2) is 89.0 Å². The SMILES string of the molecule is Cc1cc(CNC(=O)OCC2c3ccccc3-c3ccccc32)c(Sc2ncccc2C=O)cn1. The number of amides is 1. The summed E-state index contributed by atoms with van der Waals surface area (Å²) in [7, 11) is 0. The first-order chi connectivity index (χ1) is 17.1. The van der Waals surface area contributed by atoms with Crippen molar-refractivity contribution in [3.8, 4) is 11.1 Å². The lowest BCUT2D eigenvalue weighted by Gasteiger charge is -2.15. The first-order valence-corrected chi connectivity index (χ1v) is 12.1. The van der Waals surface area contributed by atoms with Crippen LogP contribution in [0.5, 0.6) is 0 Å². The van der Waals surface area contributed by atoms with Crippen LogP contribution in [-0.2, 0) is 11.3 Å². The molecule has 7 heteroatoms. The van der Waals surface area contributed by atoms with Gasteiger partial charge in [0.1, 0.15) is 11.6 Å². The molecule has 5 rings (SSSR count). The number of ether oxygens (including phenoxy) is 1. The van der Waals surface area contributed by atoms with Gasteiger partial charge in [-0.25, -0.2) is 9.78 Å². The Hall–Kier alpha value is -3.97. The first-order valence-electron chi connectivity index (χ1n) is 11.3. The predicted molar refractivity (Wildman–Crippen MR) is 135 cm³/mol. The molecule has 2 aromatic carbocycles. The Bertz CT molecular complexity index is 1360. The second-order valence-electron chi connectivity index (χ2n) is 8.23. The maximum atomic E-state index is 12.6. The van der Waals surface area contributed by atoms with E-state index in [-0.39, 0.29) is 19.1 Å². The third kappa shape index (κ3) is 4.81. The zero-order chi connectivity index (χ0) is 24.2. The molecule has 4 aromatic rings. The molecule has 0 fully saturated rings. The molecular formula is C28H23N3O3S. The van der Waals surface area contributed by atoms with Crippen molar-refractivity contribution in [1.82, 2.24) is 15.3 Å². The Kier molecular flexibility index (Phi) is 6.59. The van der Waals surface area contributed by atoms with Crippen molar-refractivity contribution in [3.63, 3.8) is 0 Å². The molecule has 0 saturated heterocycles. The number of aromatic nitrogens is 2. The molecule has 174 valence electrons. The van der Waals surface area contributed by atoms with Crippen molar-refractivity contribution in [2.45, 2.75) is 29.3 Å². The summed E-state index contributed by atoms with van der Waals surface area (Å²) in [5.41, 5.74) is 6.94. The highest BCUT2D eigenvalue weighted by Crippen LogP contribution is 2.44. The Labute approximate surface area is 207 Å². The van der Waals surface area contributed by atoms with Crippen molar-refractivity contribution in [2.75, 3.05) is 6.61 Å². The number of hydrogen-bond acceptors (Lipinski definition) is 6. The maximum absolute atomic E-state index is 12.6. The lowest BCUT2D eigenvalue weighted by Crippen LogP contribution is -2.26. The normalized spacial score (nSPS) is 12.0. The number of carbonyl (C=O) groups excluding carboxylic acids is 2. The van der Waals surface area contributed by atoms with E-state index in [0.29, 0.717) is 10.6 Å². The number of aryl methyl sites for hydroxylation is 1. The molecule has 0 spiro atoms. The Morgan fingerprint density at radius 2 is 1.74 bits per heavy atom. The van der Waals surface area contributed by atoms with Crippen LogP contribution >= 0.6 is 11.8 Å². The summed E-state index contributed by atoms with van der Waals surface area (Å²) in [6.45, 7) is 2.42. The number of aldehydes is 1. The fourth-order valence-corrected chi connectivity index (χ4v) is 5.26. The monoisotopic (exact) mass is 481 g/mol. The van der Waals surface area contributed by atoms with E-state index in [2.05, 4.69) is 39.6 Å². The van der Waals surface area contributed by atoms with E-state index in [1.54, 1.807) is 24.5 Å². The summed E-state index contributed by atoms with van der Waals surface area (Å²) in [4.78, 5) is 33.5. The number of hydrogen-bond donors (Lipinski definition) is 1. The van der Waals surface area contributed by atoms with Crippen molar-refractivity contribution < 1.29 is 14.3 Å². The van der Waals surface area contributed by atoms with Crippen molar-refractivity contribution in [3.05, 3.63) is 107 Å². The van der Waals surface area contributed by atoms with E-state index in [0.717, 1.165) is 22.4 Å². The van der Waals surface area contributed by atoms with E-state index >= 15 is 0 Å². The highest BCUT2D eigenvalue weighted by Gasteiger charge is 2.29. The minimum Gasteiger partial charge on any atom is -0.449 e. The number of benzene rings is 2. The molecule has 1 amide bonds. The number of fused-ring (bicyclic) bond motifs is 3. The molecule has 1 N–H and O–H groups in total. The van der Waals surface area contributed by atoms with Gasteiger partial charge < -0.3 is 10.1 Å². The van der Waals surface area contributed by atoms with Crippen molar-refractivity contribution in [2.24, 2.45) is 0 Å². The molecule has 0 aliphatic heterocycles. The molecule has 0 saturated carbocycles. The molecule has 2 aromatic heterocycles. The van der Waals surface area contributed by atoms with E-state index in [1.807, 2.05) is 37.3 Å². The zero-order valence-electron chi connectivity index (χ0n) is 19.1. The van der Waals surface area contributed by atoms with E-state index < -0.39 is 6.09 Å². The second kappa shape index (κ2) is 10.1. The largest absolute Gasteiger partial charge is 0.449 e. The summed E-state index contributed by atoms with van der Waals surface area (Å²) in [5, 5.41) is 3.45. The third-order valence-electron chi connectivity index (χ3n) is 5.99. The smallest absolute Gasteiger partial charge is 0.407 e. The number of alkyl carbamates (subject to hydrolysis) is 1. The van der Waals surface area contributed by atoms with Crippen LogP contribution in [0.4, 0.5) is 4.79 Å². The first kappa shape index (κ1) is 22.8. The standard InChI is InChI=1S/C28H23N3O3S/c1-18-13-20(26(15-30-18)35-27-19(16-32)7-6-12-29-27)14-31-28(33)34-17-25-23-10-4-2-8-21(23)22-9-3-5-11-24(22)25/h2-13,15-16,25H,14,17H2,1H3,(H,31,33). The Morgan fingerprint density at radius 1 is 1.03 bits per heavy atom. The van der Waals surface area contributed by atoms with Gasteiger partial charge in [0.05, 0.1) is 0 Å². The molecule has 1 aliphatic rings. The molecule has 0 bridgehead atoms. The minimum atomic E-state index is -0.483. The Morgan fingerprint density at radius 3 is 2.46 bits per heavy atom. The Balaban J connectivity index is 1.26. The van der Waals surface area contributed by atoms with Crippen molar-refractivity contribution >= 4 is 24.1 Å².